The van der Waals surface area contributed by atoms with Crippen molar-refractivity contribution in [3.8, 4) is 0 Å². The lowest BCUT2D eigenvalue weighted by atomic mass is 10.4. The van der Waals surface area contributed by atoms with E-state index in [1.807, 2.05) is 35.8 Å². The van der Waals surface area contributed by atoms with Crippen molar-refractivity contribution in [1.29, 1.82) is 0 Å². The molecular formula is C11H17N3S2. The summed E-state index contributed by atoms with van der Waals surface area (Å²) in [6.07, 6.45) is 2.98. The van der Waals surface area contributed by atoms with Gasteiger partial charge in [0, 0.05) is 30.0 Å². The van der Waals surface area contributed by atoms with E-state index in [1.165, 1.54) is 11.5 Å². The minimum absolute atomic E-state index is 0.474. The molecule has 1 N–H and O–H groups in total. The van der Waals surface area contributed by atoms with Crippen LogP contribution < -0.4 is 5.32 Å². The first-order valence-corrected chi connectivity index (χ1v) is 7.86. The summed E-state index contributed by atoms with van der Waals surface area (Å²) in [5.41, 5.74) is 0. The molecular weight excluding hydrogens is 238 g/mol. The molecule has 2 heterocycles. The molecule has 16 heavy (non-hydrogen) atoms. The topological polar surface area (TPSA) is 37.8 Å². The zero-order valence-corrected chi connectivity index (χ0v) is 11.1. The summed E-state index contributed by atoms with van der Waals surface area (Å²) >= 11 is 3.98. The molecule has 1 atom stereocenters. The van der Waals surface area contributed by atoms with E-state index >= 15 is 0 Å². The monoisotopic (exact) mass is 255 g/mol. The predicted octanol–water partition coefficient (Wildman–Crippen LogP) is 2.82. The summed E-state index contributed by atoms with van der Waals surface area (Å²) in [6.45, 7) is 3.13. The molecule has 1 aliphatic heterocycles. The highest BCUT2D eigenvalue weighted by molar-refractivity contribution is 8.06. The number of hydrogen-bond acceptors (Lipinski definition) is 5. The largest absolute Gasteiger partial charge is 0.370 e. The zero-order chi connectivity index (χ0) is 11.2. The summed E-state index contributed by atoms with van der Waals surface area (Å²) in [5.74, 6) is 5.56. The van der Waals surface area contributed by atoms with Crippen molar-refractivity contribution >= 4 is 29.3 Å². The second-order valence-electron chi connectivity index (χ2n) is 3.66. The van der Waals surface area contributed by atoms with Crippen molar-refractivity contribution < 1.29 is 0 Å². The van der Waals surface area contributed by atoms with Crippen LogP contribution in [0.1, 0.15) is 24.4 Å². The van der Waals surface area contributed by atoms with Crippen molar-refractivity contribution in [2.75, 3.05) is 29.1 Å². The first-order chi connectivity index (χ1) is 7.90. The highest BCUT2D eigenvalue weighted by Gasteiger charge is 2.19. The number of thioether (sulfide) groups is 2. The fraction of sp³-hybridized carbons (Fsp3) is 0.636. The lowest BCUT2D eigenvalue weighted by Gasteiger charge is -2.19. The Morgan fingerprint density at radius 1 is 1.50 bits per heavy atom. The molecule has 2 rings (SSSR count). The molecule has 1 aliphatic rings. The number of anilines is 1. The van der Waals surface area contributed by atoms with Gasteiger partial charge in [0.2, 0.25) is 0 Å². The van der Waals surface area contributed by atoms with Gasteiger partial charge in [-0.05, 0) is 12.5 Å². The van der Waals surface area contributed by atoms with Gasteiger partial charge in [-0.25, -0.2) is 9.97 Å². The zero-order valence-electron chi connectivity index (χ0n) is 9.48. The van der Waals surface area contributed by atoms with Crippen LogP contribution in [0.25, 0.3) is 0 Å². The Balaban J connectivity index is 2.02. The van der Waals surface area contributed by atoms with E-state index in [2.05, 4.69) is 22.2 Å². The van der Waals surface area contributed by atoms with E-state index in [1.54, 1.807) is 0 Å². The number of nitrogens with one attached hydrogen (secondary N) is 1. The molecule has 1 aromatic heterocycles. The van der Waals surface area contributed by atoms with Gasteiger partial charge in [0.1, 0.15) is 11.6 Å². The van der Waals surface area contributed by atoms with Gasteiger partial charge >= 0.3 is 0 Å². The first kappa shape index (κ1) is 12.0. The molecule has 0 radical (unpaired) electrons. The molecule has 0 spiro atoms. The normalized spacial score (nSPS) is 20.7. The van der Waals surface area contributed by atoms with Crippen molar-refractivity contribution in [2.45, 2.75) is 18.6 Å². The average molecular weight is 255 g/mol. The van der Waals surface area contributed by atoms with Crippen molar-refractivity contribution in [3.05, 3.63) is 18.1 Å². The summed E-state index contributed by atoms with van der Waals surface area (Å²) < 4.78 is 0. The second-order valence-corrected chi connectivity index (χ2v) is 6.12. The molecule has 1 unspecified atom stereocenters. The molecule has 1 fully saturated rings. The molecule has 3 nitrogen and oxygen atoms in total. The van der Waals surface area contributed by atoms with Crippen LogP contribution in [-0.4, -0.2) is 33.8 Å². The van der Waals surface area contributed by atoms with Gasteiger partial charge in [0.15, 0.2) is 0 Å². The second kappa shape index (κ2) is 6.35. The third-order valence-corrected chi connectivity index (χ3v) is 5.09. The fourth-order valence-corrected chi connectivity index (χ4v) is 4.12. The molecule has 1 saturated heterocycles. The maximum atomic E-state index is 4.58. The first-order valence-electron chi connectivity index (χ1n) is 5.66. The predicted molar refractivity (Wildman–Crippen MR) is 73.3 cm³/mol. The van der Waals surface area contributed by atoms with E-state index in [4.69, 9.17) is 0 Å². The number of rotatable bonds is 4. The van der Waals surface area contributed by atoms with Crippen LogP contribution in [0.2, 0.25) is 0 Å². The Labute approximate surface area is 105 Å². The van der Waals surface area contributed by atoms with Gasteiger partial charge in [-0.2, -0.15) is 11.8 Å². The SMILES string of the molecule is CCCNc1ccnc(C2CSCCS2)n1. The minimum atomic E-state index is 0.474. The van der Waals surface area contributed by atoms with E-state index in [0.717, 1.165) is 30.4 Å². The minimum Gasteiger partial charge on any atom is -0.370 e. The smallest absolute Gasteiger partial charge is 0.144 e. The van der Waals surface area contributed by atoms with Gasteiger partial charge in [0.05, 0.1) is 5.25 Å². The molecule has 5 heteroatoms. The van der Waals surface area contributed by atoms with Crippen LogP contribution in [0.5, 0.6) is 0 Å². The molecule has 0 bridgehead atoms. The highest BCUT2D eigenvalue weighted by Crippen LogP contribution is 2.34. The van der Waals surface area contributed by atoms with E-state index < -0.39 is 0 Å². The Morgan fingerprint density at radius 3 is 3.19 bits per heavy atom. The number of aromatic nitrogens is 2. The summed E-state index contributed by atoms with van der Waals surface area (Å²) in [7, 11) is 0. The van der Waals surface area contributed by atoms with Gasteiger partial charge < -0.3 is 5.32 Å². The van der Waals surface area contributed by atoms with Crippen LogP contribution in [0.3, 0.4) is 0 Å². The highest BCUT2D eigenvalue weighted by atomic mass is 32.2. The molecule has 0 saturated carbocycles. The number of hydrogen-bond donors (Lipinski definition) is 1. The van der Waals surface area contributed by atoms with E-state index in [-0.39, 0.29) is 0 Å². The Morgan fingerprint density at radius 2 is 2.44 bits per heavy atom. The third kappa shape index (κ3) is 3.28. The van der Waals surface area contributed by atoms with Crippen LogP contribution in [-0.2, 0) is 0 Å². The Hall–Kier alpha value is -0.420. The van der Waals surface area contributed by atoms with E-state index in [9.17, 15) is 0 Å². The van der Waals surface area contributed by atoms with Crippen molar-refractivity contribution in [3.63, 3.8) is 0 Å². The van der Waals surface area contributed by atoms with Gasteiger partial charge in [-0.3, -0.25) is 0 Å². The maximum Gasteiger partial charge on any atom is 0.144 e. The van der Waals surface area contributed by atoms with Crippen LogP contribution in [0.4, 0.5) is 5.82 Å². The van der Waals surface area contributed by atoms with Crippen molar-refractivity contribution in [1.82, 2.24) is 9.97 Å². The standard InChI is InChI=1S/C11H17N3S2/c1-2-4-12-10-3-5-13-11(14-10)9-8-15-6-7-16-9/h3,5,9H,2,4,6-8H2,1H3,(H,12,13,14). The fourth-order valence-electron chi connectivity index (χ4n) is 1.52. The Kier molecular flexibility index (Phi) is 4.78. The van der Waals surface area contributed by atoms with Crippen LogP contribution >= 0.6 is 23.5 Å². The number of nitrogens with zero attached hydrogens (tertiary/aromatic N) is 2. The van der Waals surface area contributed by atoms with E-state index in [0.29, 0.717) is 5.25 Å². The lowest BCUT2D eigenvalue weighted by molar-refractivity contribution is 0.906. The van der Waals surface area contributed by atoms with Crippen molar-refractivity contribution in [2.24, 2.45) is 0 Å². The van der Waals surface area contributed by atoms with Gasteiger partial charge in [-0.1, -0.05) is 6.92 Å². The maximum absolute atomic E-state index is 4.58. The summed E-state index contributed by atoms with van der Waals surface area (Å²) in [4.78, 5) is 8.96. The lowest BCUT2D eigenvalue weighted by Crippen LogP contribution is -2.11. The summed E-state index contributed by atoms with van der Waals surface area (Å²) in [6, 6.07) is 1.94. The van der Waals surface area contributed by atoms with Crippen LogP contribution in [0.15, 0.2) is 12.3 Å². The van der Waals surface area contributed by atoms with Gasteiger partial charge in [0.25, 0.3) is 0 Å². The quantitative estimate of drug-likeness (QED) is 0.895. The average Bonchev–Trinajstić information content (AvgIpc) is 2.38. The molecule has 0 aliphatic carbocycles. The molecule has 0 amide bonds. The molecule has 0 aromatic carbocycles. The molecule has 88 valence electrons. The van der Waals surface area contributed by atoms with Gasteiger partial charge in [-0.15, -0.1) is 11.8 Å². The summed E-state index contributed by atoms with van der Waals surface area (Å²) in [5, 5.41) is 3.78. The Bertz CT molecular complexity index is 327. The molecule has 1 aromatic rings. The van der Waals surface area contributed by atoms with Crippen LogP contribution in [0, 0.1) is 0 Å². The third-order valence-electron chi connectivity index (χ3n) is 2.33.